The number of aromatic nitrogens is 4. The van der Waals surface area contributed by atoms with E-state index in [9.17, 15) is 0 Å². The Bertz CT molecular complexity index is 649. The van der Waals surface area contributed by atoms with Gasteiger partial charge >= 0.3 is 0 Å². The Morgan fingerprint density at radius 2 is 1.95 bits per heavy atom. The molecule has 0 aromatic carbocycles. The van der Waals surface area contributed by atoms with Gasteiger partial charge in [0.05, 0.1) is 11.3 Å². The van der Waals surface area contributed by atoms with E-state index in [0.717, 1.165) is 35.5 Å². The zero-order chi connectivity index (χ0) is 15.6. The van der Waals surface area contributed by atoms with Crippen LogP contribution in [-0.4, -0.2) is 19.7 Å². The summed E-state index contributed by atoms with van der Waals surface area (Å²) >= 11 is 0. The van der Waals surface area contributed by atoms with Gasteiger partial charge in [0.1, 0.15) is 17.3 Å². The van der Waals surface area contributed by atoms with Crippen LogP contribution in [0.5, 0.6) is 11.6 Å². The number of nitrogen functional groups attached to an aromatic ring is 1. The van der Waals surface area contributed by atoms with Crippen molar-refractivity contribution in [1.82, 2.24) is 19.7 Å². The van der Waals surface area contributed by atoms with Crippen LogP contribution < -0.4 is 16.0 Å². The van der Waals surface area contributed by atoms with Crippen LogP contribution >= 0.6 is 0 Å². The third-order valence-corrected chi connectivity index (χ3v) is 3.40. The Hall–Kier alpha value is -2.15. The minimum absolute atomic E-state index is 0.514. The molecule has 0 unspecified atom stereocenters. The van der Waals surface area contributed by atoms with Crippen LogP contribution in [0.4, 0.5) is 5.82 Å². The van der Waals surface area contributed by atoms with Gasteiger partial charge in [-0.05, 0) is 27.2 Å². The molecule has 21 heavy (non-hydrogen) atoms. The van der Waals surface area contributed by atoms with E-state index in [1.165, 1.54) is 0 Å². The fourth-order valence-electron chi connectivity index (χ4n) is 2.11. The van der Waals surface area contributed by atoms with Gasteiger partial charge < -0.3 is 10.2 Å². The number of hydrogen-bond acceptors (Lipinski definition) is 6. The average Bonchev–Trinajstić information content (AvgIpc) is 2.68. The molecule has 2 aromatic heterocycles. The highest BCUT2D eigenvalue weighted by Crippen LogP contribution is 2.31. The summed E-state index contributed by atoms with van der Waals surface area (Å²) in [6.07, 6.45) is 1.73. The maximum absolute atomic E-state index is 5.99. The first kappa shape index (κ1) is 15.2. The third kappa shape index (κ3) is 2.97. The number of nitrogens with zero attached hydrogens (tertiary/aromatic N) is 4. The van der Waals surface area contributed by atoms with Crippen LogP contribution in [0.25, 0.3) is 0 Å². The topological polar surface area (TPSA) is 90.9 Å². The van der Waals surface area contributed by atoms with Gasteiger partial charge in [0.15, 0.2) is 5.75 Å². The third-order valence-electron chi connectivity index (χ3n) is 3.40. The van der Waals surface area contributed by atoms with Crippen LogP contribution in [0, 0.1) is 20.8 Å². The van der Waals surface area contributed by atoms with Crippen molar-refractivity contribution in [3.63, 3.8) is 0 Å². The lowest BCUT2D eigenvalue weighted by atomic mass is 10.2. The molecule has 0 fully saturated rings. The maximum Gasteiger partial charge on any atom is 0.227 e. The SMILES string of the molecule is CCCc1nc(NN)c(C)c(Oc2c(C)nn(C)c2C)n1. The number of nitrogens with two attached hydrogens (primary N) is 1. The molecule has 3 N–H and O–H groups in total. The molecule has 2 heterocycles. The summed E-state index contributed by atoms with van der Waals surface area (Å²) in [6, 6.07) is 0. The molecule has 0 aliphatic rings. The summed E-state index contributed by atoms with van der Waals surface area (Å²) in [5.41, 5.74) is 5.16. The van der Waals surface area contributed by atoms with E-state index < -0.39 is 0 Å². The van der Waals surface area contributed by atoms with Crippen molar-refractivity contribution < 1.29 is 4.74 Å². The van der Waals surface area contributed by atoms with Gasteiger partial charge in [0.2, 0.25) is 5.88 Å². The standard InChI is InChI=1S/C14H22N6O/c1-6-7-11-16-13(18-15)8(2)14(17-11)21-12-9(3)19-20(5)10(12)4/h6-7,15H2,1-5H3,(H,16,17,18). The Balaban J connectivity index is 2.45. The summed E-state index contributed by atoms with van der Waals surface area (Å²) in [5.74, 6) is 8.07. The molecule has 0 saturated heterocycles. The second kappa shape index (κ2) is 6.09. The summed E-state index contributed by atoms with van der Waals surface area (Å²) < 4.78 is 7.78. The normalized spacial score (nSPS) is 10.8. The van der Waals surface area contributed by atoms with Crippen molar-refractivity contribution in [2.24, 2.45) is 12.9 Å². The van der Waals surface area contributed by atoms with Crippen molar-refractivity contribution in [3.8, 4) is 11.6 Å². The van der Waals surface area contributed by atoms with Gasteiger partial charge in [-0.15, -0.1) is 0 Å². The van der Waals surface area contributed by atoms with E-state index in [0.29, 0.717) is 17.5 Å². The van der Waals surface area contributed by atoms with E-state index in [1.807, 2.05) is 27.8 Å². The van der Waals surface area contributed by atoms with Crippen molar-refractivity contribution in [2.75, 3.05) is 5.43 Å². The van der Waals surface area contributed by atoms with Crippen LogP contribution in [0.2, 0.25) is 0 Å². The van der Waals surface area contributed by atoms with E-state index in [1.54, 1.807) is 4.68 Å². The number of anilines is 1. The largest absolute Gasteiger partial charge is 0.435 e. The van der Waals surface area contributed by atoms with Crippen molar-refractivity contribution in [2.45, 2.75) is 40.5 Å². The number of hydrazine groups is 1. The molecule has 7 nitrogen and oxygen atoms in total. The second-order valence-electron chi connectivity index (χ2n) is 5.04. The molecule has 114 valence electrons. The minimum atomic E-state index is 0.514. The molecule has 0 spiro atoms. The summed E-state index contributed by atoms with van der Waals surface area (Å²) in [7, 11) is 1.89. The zero-order valence-corrected chi connectivity index (χ0v) is 13.2. The predicted molar refractivity (Wildman–Crippen MR) is 81.3 cm³/mol. The zero-order valence-electron chi connectivity index (χ0n) is 13.2. The summed E-state index contributed by atoms with van der Waals surface area (Å²) in [4.78, 5) is 8.88. The Morgan fingerprint density at radius 1 is 1.24 bits per heavy atom. The van der Waals surface area contributed by atoms with Gasteiger partial charge in [-0.1, -0.05) is 6.92 Å². The lowest BCUT2D eigenvalue weighted by molar-refractivity contribution is 0.447. The Kier molecular flexibility index (Phi) is 4.42. The van der Waals surface area contributed by atoms with E-state index >= 15 is 0 Å². The average molecular weight is 290 g/mol. The molecule has 0 saturated carbocycles. The van der Waals surface area contributed by atoms with E-state index in [2.05, 4.69) is 27.4 Å². The first-order chi connectivity index (χ1) is 9.97. The fraction of sp³-hybridized carbons (Fsp3) is 0.500. The van der Waals surface area contributed by atoms with Gasteiger partial charge in [0, 0.05) is 13.5 Å². The van der Waals surface area contributed by atoms with Crippen molar-refractivity contribution in [3.05, 3.63) is 22.8 Å². The molecule has 0 amide bonds. The number of rotatable bonds is 5. The molecule has 2 rings (SSSR count). The molecule has 0 radical (unpaired) electrons. The summed E-state index contributed by atoms with van der Waals surface area (Å²) in [6.45, 7) is 7.82. The fourth-order valence-corrected chi connectivity index (χ4v) is 2.11. The van der Waals surface area contributed by atoms with Crippen LogP contribution in [0.1, 0.15) is 36.1 Å². The van der Waals surface area contributed by atoms with Gasteiger partial charge in [-0.25, -0.2) is 10.8 Å². The monoisotopic (exact) mass is 290 g/mol. The van der Waals surface area contributed by atoms with Crippen molar-refractivity contribution >= 4 is 5.82 Å². The second-order valence-corrected chi connectivity index (χ2v) is 5.04. The van der Waals surface area contributed by atoms with Crippen molar-refractivity contribution in [1.29, 1.82) is 0 Å². The van der Waals surface area contributed by atoms with E-state index in [4.69, 9.17) is 10.6 Å². The quantitative estimate of drug-likeness (QED) is 0.648. The molecular formula is C14H22N6O. The highest BCUT2D eigenvalue weighted by Gasteiger charge is 2.17. The molecule has 0 bridgehead atoms. The maximum atomic E-state index is 5.99. The number of ether oxygens (including phenoxy) is 1. The van der Waals surface area contributed by atoms with Gasteiger partial charge in [-0.2, -0.15) is 10.1 Å². The van der Waals surface area contributed by atoms with Crippen LogP contribution in [-0.2, 0) is 13.5 Å². The van der Waals surface area contributed by atoms with Gasteiger partial charge in [0.25, 0.3) is 0 Å². The Morgan fingerprint density at radius 3 is 2.48 bits per heavy atom. The number of nitrogens with one attached hydrogen (secondary N) is 1. The van der Waals surface area contributed by atoms with Gasteiger partial charge in [-0.3, -0.25) is 4.68 Å². The number of aryl methyl sites for hydroxylation is 3. The highest BCUT2D eigenvalue weighted by molar-refractivity contribution is 5.49. The highest BCUT2D eigenvalue weighted by atomic mass is 16.5. The number of hydrogen-bond donors (Lipinski definition) is 2. The molecular weight excluding hydrogens is 268 g/mol. The lowest BCUT2D eigenvalue weighted by Gasteiger charge is -2.12. The molecule has 0 atom stereocenters. The Labute approximate surface area is 124 Å². The molecule has 2 aromatic rings. The summed E-state index contributed by atoms with van der Waals surface area (Å²) in [5, 5.41) is 4.35. The first-order valence-electron chi connectivity index (χ1n) is 7.00. The van der Waals surface area contributed by atoms with Crippen LogP contribution in [0.3, 0.4) is 0 Å². The predicted octanol–water partition coefficient (Wildman–Crippen LogP) is 2.17. The smallest absolute Gasteiger partial charge is 0.227 e. The molecule has 0 aliphatic heterocycles. The molecule has 0 aliphatic carbocycles. The minimum Gasteiger partial charge on any atom is -0.435 e. The molecule has 7 heteroatoms. The van der Waals surface area contributed by atoms with Crippen LogP contribution in [0.15, 0.2) is 0 Å². The first-order valence-corrected chi connectivity index (χ1v) is 7.00. The lowest BCUT2D eigenvalue weighted by Crippen LogP contribution is -2.13. The van der Waals surface area contributed by atoms with E-state index in [-0.39, 0.29) is 0 Å².